The topological polar surface area (TPSA) is 52.0 Å². The molecule has 10 heavy (non-hydrogen) atoms. The van der Waals surface area contributed by atoms with Crippen molar-refractivity contribution in [3.63, 3.8) is 0 Å². The predicted octanol–water partition coefficient (Wildman–Crippen LogP) is 1.20. The minimum Gasteiger partial charge on any atom is -0.399 e. The fourth-order valence-corrected chi connectivity index (χ4v) is 0.738. The molecule has 0 bridgehead atoms. The van der Waals surface area contributed by atoms with Crippen molar-refractivity contribution < 1.29 is 0 Å². The minimum absolute atomic E-state index is 0.548. The van der Waals surface area contributed by atoms with Crippen LogP contribution in [-0.4, -0.2) is 0 Å². The Morgan fingerprint density at radius 3 is 2.50 bits per heavy atom. The molecule has 0 fully saturated rings. The minimum atomic E-state index is 0.548. The Hall–Kier alpha value is -1.44. The molecule has 0 atom stereocenters. The molecular formula is C8H10N2. The normalized spacial score (nSPS) is 9.20. The average Bonchev–Trinajstić information content (AvgIpc) is 1.88. The lowest BCUT2D eigenvalue weighted by Crippen LogP contribution is -1.94. The molecule has 0 aromatic heterocycles. The molecule has 1 rings (SSSR count). The maximum absolute atomic E-state index is 5.50. The zero-order valence-electron chi connectivity index (χ0n) is 5.67. The van der Waals surface area contributed by atoms with Crippen LogP contribution in [0.15, 0.2) is 30.8 Å². The molecule has 0 saturated carbocycles. The summed E-state index contributed by atoms with van der Waals surface area (Å²) in [4.78, 5) is 0. The van der Waals surface area contributed by atoms with E-state index in [-0.39, 0.29) is 0 Å². The number of benzene rings is 1. The maximum atomic E-state index is 5.50. The van der Waals surface area contributed by atoms with E-state index in [1.807, 2.05) is 18.2 Å². The molecule has 52 valence electrons. The summed E-state index contributed by atoms with van der Waals surface area (Å²) in [6.07, 6.45) is 0. The first-order valence-electron chi connectivity index (χ1n) is 3.00. The molecule has 4 N–H and O–H groups in total. The SMILES string of the molecule is C=C(N)c1cccc(N)c1. The second-order valence-electron chi connectivity index (χ2n) is 2.15. The molecule has 0 heterocycles. The van der Waals surface area contributed by atoms with Gasteiger partial charge in [-0.1, -0.05) is 18.7 Å². The van der Waals surface area contributed by atoms with Gasteiger partial charge in [-0.2, -0.15) is 0 Å². The third kappa shape index (κ3) is 1.29. The molecule has 2 nitrogen and oxygen atoms in total. The summed E-state index contributed by atoms with van der Waals surface area (Å²) in [6, 6.07) is 7.33. The zero-order chi connectivity index (χ0) is 7.56. The first-order chi connectivity index (χ1) is 4.70. The monoisotopic (exact) mass is 134 g/mol. The highest BCUT2D eigenvalue weighted by molar-refractivity contribution is 5.63. The van der Waals surface area contributed by atoms with Crippen molar-refractivity contribution >= 4 is 11.4 Å². The fourth-order valence-electron chi connectivity index (χ4n) is 0.738. The maximum Gasteiger partial charge on any atom is 0.0320 e. The highest BCUT2D eigenvalue weighted by atomic mass is 14.6. The van der Waals surface area contributed by atoms with Crippen LogP contribution in [0.5, 0.6) is 0 Å². The van der Waals surface area contributed by atoms with E-state index in [4.69, 9.17) is 11.5 Å². The number of hydrogen-bond acceptors (Lipinski definition) is 2. The van der Waals surface area contributed by atoms with E-state index >= 15 is 0 Å². The van der Waals surface area contributed by atoms with Gasteiger partial charge in [-0.05, 0) is 17.7 Å². The highest BCUT2D eigenvalue weighted by Crippen LogP contribution is 2.10. The van der Waals surface area contributed by atoms with Crippen LogP contribution in [0.4, 0.5) is 5.69 Å². The summed E-state index contributed by atoms with van der Waals surface area (Å²) in [6.45, 7) is 3.59. The molecule has 0 amide bonds. The molecule has 0 unspecified atom stereocenters. The predicted molar refractivity (Wildman–Crippen MR) is 44.1 cm³/mol. The van der Waals surface area contributed by atoms with E-state index in [9.17, 15) is 0 Å². The Balaban J connectivity index is 3.07. The molecule has 0 radical (unpaired) electrons. The molecule has 0 spiro atoms. The van der Waals surface area contributed by atoms with Crippen LogP contribution in [0.25, 0.3) is 5.70 Å². The van der Waals surface area contributed by atoms with E-state index in [1.165, 1.54) is 0 Å². The lowest BCUT2D eigenvalue weighted by Gasteiger charge is -1.98. The second kappa shape index (κ2) is 2.43. The summed E-state index contributed by atoms with van der Waals surface area (Å²) < 4.78 is 0. The number of hydrogen-bond donors (Lipinski definition) is 2. The van der Waals surface area contributed by atoms with E-state index in [2.05, 4.69) is 6.58 Å². The van der Waals surface area contributed by atoms with Crippen molar-refractivity contribution in [3.8, 4) is 0 Å². The number of nitrogens with two attached hydrogens (primary N) is 2. The molecule has 0 aliphatic rings. The lowest BCUT2D eigenvalue weighted by atomic mass is 10.2. The van der Waals surface area contributed by atoms with Gasteiger partial charge in [0.05, 0.1) is 0 Å². The fraction of sp³-hybridized carbons (Fsp3) is 0. The van der Waals surface area contributed by atoms with Crippen LogP contribution < -0.4 is 11.5 Å². The van der Waals surface area contributed by atoms with Gasteiger partial charge in [0.1, 0.15) is 0 Å². The average molecular weight is 134 g/mol. The first-order valence-corrected chi connectivity index (χ1v) is 3.00. The Bertz CT molecular complexity index is 253. The molecule has 1 aromatic rings. The first kappa shape index (κ1) is 6.68. The number of nitrogen functional groups attached to an aromatic ring is 1. The highest BCUT2D eigenvalue weighted by Gasteiger charge is 1.91. The molecule has 0 saturated heterocycles. The Morgan fingerprint density at radius 2 is 2.10 bits per heavy atom. The van der Waals surface area contributed by atoms with Crippen LogP contribution in [0.1, 0.15) is 5.56 Å². The van der Waals surface area contributed by atoms with Crippen molar-refractivity contribution in [1.29, 1.82) is 0 Å². The van der Waals surface area contributed by atoms with Crippen LogP contribution in [0, 0.1) is 0 Å². The van der Waals surface area contributed by atoms with Gasteiger partial charge < -0.3 is 11.5 Å². The van der Waals surface area contributed by atoms with Gasteiger partial charge in [0.25, 0.3) is 0 Å². The van der Waals surface area contributed by atoms with Crippen molar-refractivity contribution in [1.82, 2.24) is 0 Å². The van der Waals surface area contributed by atoms with Crippen molar-refractivity contribution in [2.75, 3.05) is 5.73 Å². The largest absolute Gasteiger partial charge is 0.399 e. The smallest absolute Gasteiger partial charge is 0.0320 e. The Morgan fingerprint density at radius 1 is 1.40 bits per heavy atom. The van der Waals surface area contributed by atoms with Crippen LogP contribution in [0.2, 0.25) is 0 Å². The molecule has 0 aliphatic heterocycles. The zero-order valence-corrected chi connectivity index (χ0v) is 5.67. The van der Waals surface area contributed by atoms with Crippen LogP contribution >= 0.6 is 0 Å². The van der Waals surface area contributed by atoms with E-state index in [0.29, 0.717) is 11.4 Å². The molecule has 2 heteroatoms. The van der Waals surface area contributed by atoms with Crippen molar-refractivity contribution in [2.45, 2.75) is 0 Å². The summed E-state index contributed by atoms with van der Waals surface area (Å²) in [5.41, 5.74) is 13.1. The number of anilines is 1. The third-order valence-corrected chi connectivity index (χ3v) is 1.26. The second-order valence-corrected chi connectivity index (χ2v) is 2.15. The number of rotatable bonds is 1. The van der Waals surface area contributed by atoms with Gasteiger partial charge in [0.2, 0.25) is 0 Å². The molecule has 1 aromatic carbocycles. The summed E-state index contributed by atoms with van der Waals surface area (Å²) in [5, 5.41) is 0. The molecular weight excluding hydrogens is 124 g/mol. The van der Waals surface area contributed by atoms with Gasteiger partial charge in [0.15, 0.2) is 0 Å². The Labute approximate surface area is 60.2 Å². The Kier molecular flexibility index (Phi) is 1.63. The van der Waals surface area contributed by atoms with Crippen molar-refractivity contribution in [2.24, 2.45) is 5.73 Å². The van der Waals surface area contributed by atoms with Gasteiger partial charge >= 0.3 is 0 Å². The summed E-state index contributed by atoms with van der Waals surface area (Å²) >= 11 is 0. The van der Waals surface area contributed by atoms with E-state index in [1.54, 1.807) is 6.07 Å². The molecule has 0 aliphatic carbocycles. The lowest BCUT2D eigenvalue weighted by molar-refractivity contribution is 1.53. The standard InChI is InChI=1S/C8H10N2/c1-6(9)7-3-2-4-8(10)5-7/h2-5H,1,9-10H2. The third-order valence-electron chi connectivity index (χ3n) is 1.26. The van der Waals surface area contributed by atoms with Crippen LogP contribution in [0.3, 0.4) is 0 Å². The summed E-state index contributed by atoms with van der Waals surface area (Å²) in [7, 11) is 0. The van der Waals surface area contributed by atoms with E-state index < -0.39 is 0 Å². The van der Waals surface area contributed by atoms with Gasteiger partial charge in [0, 0.05) is 11.4 Å². The van der Waals surface area contributed by atoms with E-state index in [0.717, 1.165) is 5.56 Å². The quantitative estimate of drug-likeness (QED) is 0.567. The van der Waals surface area contributed by atoms with Crippen molar-refractivity contribution in [3.05, 3.63) is 36.4 Å². The van der Waals surface area contributed by atoms with Crippen LogP contribution in [-0.2, 0) is 0 Å². The summed E-state index contributed by atoms with van der Waals surface area (Å²) in [5.74, 6) is 0. The van der Waals surface area contributed by atoms with Gasteiger partial charge in [-0.3, -0.25) is 0 Å². The van der Waals surface area contributed by atoms with Gasteiger partial charge in [-0.15, -0.1) is 0 Å². The van der Waals surface area contributed by atoms with Gasteiger partial charge in [-0.25, -0.2) is 0 Å².